The molecule has 9 heteroatoms. The molecule has 0 aromatic heterocycles. The molecule has 0 spiro atoms. The number of hydrogen-bond donors (Lipinski definition) is 3. The summed E-state index contributed by atoms with van der Waals surface area (Å²) in [6, 6.07) is 4.32. The van der Waals surface area contributed by atoms with E-state index >= 15 is 0 Å². The van der Waals surface area contributed by atoms with Gasteiger partial charge in [-0.1, -0.05) is 30.4 Å². The van der Waals surface area contributed by atoms with Crippen LogP contribution in [0, 0.1) is 11.8 Å². The number of halogens is 3. The first-order chi connectivity index (χ1) is 15.1. The first-order valence-electron chi connectivity index (χ1n) is 10.3. The van der Waals surface area contributed by atoms with Crippen LogP contribution < -0.4 is 4.74 Å². The Hall–Kier alpha value is -2.65. The number of rotatable bonds is 11. The van der Waals surface area contributed by atoms with Gasteiger partial charge in [0.15, 0.2) is 0 Å². The molecule has 32 heavy (non-hydrogen) atoms. The molecule has 0 saturated heterocycles. The lowest BCUT2D eigenvalue weighted by molar-refractivity contribution is -0.138. The predicted octanol–water partition coefficient (Wildman–Crippen LogP) is 3.77. The molecule has 6 nitrogen and oxygen atoms in total. The Balaban J connectivity index is 1.88. The summed E-state index contributed by atoms with van der Waals surface area (Å²) >= 11 is 0. The molecule has 0 radical (unpaired) electrons. The van der Waals surface area contributed by atoms with E-state index in [0.29, 0.717) is 19.3 Å². The summed E-state index contributed by atoms with van der Waals surface area (Å²) in [4.78, 5) is 22.7. The van der Waals surface area contributed by atoms with Gasteiger partial charge in [0.05, 0.1) is 11.7 Å². The van der Waals surface area contributed by atoms with Crippen molar-refractivity contribution in [2.24, 2.45) is 11.8 Å². The van der Waals surface area contributed by atoms with E-state index in [1.165, 1.54) is 18.2 Å². The number of alkyl halides is 3. The van der Waals surface area contributed by atoms with Crippen molar-refractivity contribution < 1.29 is 42.8 Å². The van der Waals surface area contributed by atoms with Crippen molar-refractivity contribution in [2.45, 2.75) is 50.5 Å². The van der Waals surface area contributed by atoms with Crippen molar-refractivity contribution in [2.75, 3.05) is 6.61 Å². The van der Waals surface area contributed by atoms with Gasteiger partial charge in [-0.3, -0.25) is 9.59 Å². The largest absolute Gasteiger partial charge is 0.491 e. The number of carbonyl (C=O) groups is 2. The van der Waals surface area contributed by atoms with Gasteiger partial charge in [0.1, 0.15) is 24.2 Å². The van der Waals surface area contributed by atoms with E-state index in [-0.39, 0.29) is 31.0 Å². The van der Waals surface area contributed by atoms with Crippen LogP contribution >= 0.6 is 0 Å². The Bertz CT molecular complexity index is 833. The number of unbranched alkanes of at least 4 members (excludes halogenated alkanes) is 1. The SMILES string of the molecule is O=C(O)CCC/C=C/C[C@H]1C(=O)C[C@@H](O)[C@@H]1C=C[C@@H](O)COc1cccc(C(F)(F)F)c1. The number of aliphatic carboxylic acids is 1. The summed E-state index contributed by atoms with van der Waals surface area (Å²) < 4.78 is 43.5. The third-order valence-corrected chi connectivity index (χ3v) is 5.19. The highest BCUT2D eigenvalue weighted by Gasteiger charge is 2.39. The minimum atomic E-state index is -4.50. The molecular weight excluding hydrogens is 429 g/mol. The molecule has 1 saturated carbocycles. The molecule has 1 aliphatic carbocycles. The fourth-order valence-electron chi connectivity index (χ4n) is 3.52. The maximum atomic E-state index is 12.8. The van der Waals surface area contributed by atoms with Crippen LogP contribution in [0.3, 0.4) is 0 Å². The summed E-state index contributed by atoms with van der Waals surface area (Å²) in [5, 5.41) is 28.9. The van der Waals surface area contributed by atoms with Crippen molar-refractivity contribution in [3.63, 3.8) is 0 Å². The van der Waals surface area contributed by atoms with Gasteiger partial charge in [-0.25, -0.2) is 0 Å². The topological polar surface area (TPSA) is 104 Å². The quantitative estimate of drug-likeness (QED) is 0.346. The second-order valence-electron chi connectivity index (χ2n) is 7.70. The Kier molecular flexibility index (Phi) is 9.46. The average molecular weight is 456 g/mol. The standard InChI is InChI=1S/C23H27F3O6/c24-23(25,26)15-6-5-7-17(12-15)32-14-16(27)10-11-19-18(20(28)13-21(19)29)8-3-1-2-4-9-22(30)31/h1,3,5-7,10-12,16,18-19,21,27,29H,2,4,8-9,13-14H2,(H,30,31)/b3-1+,11-10?/t16-,18-,19-,21-/m1/s1. The fraction of sp³-hybridized carbons (Fsp3) is 0.478. The van der Waals surface area contributed by atoms with Crippen LogP contribution in [0.25, 0.3) is 0 Å². The molecule has 0 heterocycles. The van der Waals surface area contributed by atoms with Gasteiger partial charge >= 0.3 is 12.1 Å². The Labute approximate surface area is 184 Å². The molecule has 1 aliphatic rings. The summed E-state index contributed by atoms with van der Waals surface area (Å²) in [5.41, 5.74) is -0.855. The van der Waals surface area contributed by atoms with Crippen LogP contribution in [0.1, 0.15) is 37.7 Å². The summed E-state index contributed by atoms with van der Waals surface area (Å²) in [7, 11) is 0. The van der Waals surface area contributed by atoms with Crippen molar-refractivity contribution >= 4 is 11.8 Å². The van der Waals surface area contributed by atoms with Crippen LogP contribution in [0.4, 0.5) is 13.2 Å². The van der Waals surface area contributed by atoms with Crippen molar-refractivity contribution in [1.82, 2.24) is 0 Å². The molecule has 0 aliphatic heterocycles. The smallest absolute Gasteiger partial charge is 0.416 e. The molecule has 0 unspecified atom stereocenters. The molecule has 1 aromatic rings. The van der Waals surface area contributed by atoms with E-state index in [1.54, 1.807) is 18.2 Å². The molecule has 1 fully saturated rings. The number of ketones is 1. The third-order valence-electron chi connectivity index (χ3n) is 5.19. The van der Waals surface area contributed by atoms with E-state index in [1.807, 2.05) is 0 Å². The van der Waals surface area contributed by atoms with Gasteiger partial charge < -0.3 is 20.1 Å². The highest BCUT2D eigenvalue weighted by atomic mass is 19.4. The first kappa shape index (κ1) is 25.6. The van der Waals surface area contributed by atoms with Crippen molar-refractivity contribution in [3.05, 3.63) is 54.1 Å². The average Bonchev–Trinajstić information content (AvgIpc) is 2.99. The zero-order valence-electron chi connectivity index (χ0n) is 17.4. The predicted molar refractivity (Wildman–Crippen MR) is 110 cm³/mol. The number of carboxylic acids is 1. The Morgan fingerprint density at radius 2 is 2.03 bits per heavy atom. The highest BCUT2D eigenvalue weighted by molar-refractivity contribution is 5.84. The van der Waals surface area contributed by atoms with E-state index in [4.69, 9.17) is 9.84 Å². The monoisotopic (exact) mass is 456 g/mol. The van der Waals surface area contributed by atoms with E-state index in [2.05, 4.69) is 0 Å². The second-order valence-corrected chi connectivity index (χ2v) is 7.70. The molecule has 0 amide bonds. The lowest BCUT2D eigenvalue weighted by Crippen LogP contribution is -2.20. The van der Waals surface area contributed by atoms with E-state index in [9.17, 15) is 33.0 Å². The molecule has 4 atom stereocenters. The minimum absolute atomic E-state index is 0.00333. The van der Waals surface area contributed by atoms with Gasteiger partial charge in [-0.2, -0.15) is 13.2 Å². The lowest BCUT2D eigenvalue weighted by atomic mass is 9.90. The zero-order chi connectivity index (χ0) is 23.7. The Morgan fingerprint density at radius 1 is 1.28 bits per heavy atom. The second kappa shape index (κ2) is 11.8. The van der Waals surface area contributed by atoms with Crippen LogP contribution in [-0.4, -0.2) is 45.9 Å². The summed E-state index contributed by atoms with van der Waals surface area (Å²) in [6.07, 6.45) is 1.49. The Morgan fingerprint density at radius 3 is 2.72 bits per heavy atom. The number of ether oxygens (including phenoxy) is 1. The van der Waals surface area contributed by atoms with Crippen LogP contribution in [0.2, 0.25) is 0 Å². The molecule has 176 valence electrons. The van der Waals surface area contributed by atoms with E-state index in [0.717, 1.165) is 12.1 Å². The number of carbonyl (C=O) groups excluding carboxylic acids is 1. The van der Waals surface area contributed by atoms with Gasteiger partial charge in [0.2, 0.25) is 0 Å². The van der Waals surface area contributed by atoms with Gasteiger partial charge in [-0.15, -0.1) is 0 Å². The zero-order valence-corrected chi connectivity index (χ0v) is 17.4. The first-order valence-corrected chi connectivity index (χ1v) is 10.3. The highest BCUT2D eigenvalue weighted by Crippen LogP contribution is 2.34. The molecule has 2 rings (SSSR count). The van der Waals surface area contributed by atoms with Crippen molar-refractivity contribution in [3.8, 4) is 5.75 Å². The van der Waals surface area contributed by atoms with Crippen molar-refractivity contribution in [1.29, 1.82) is 0 Å². The molecular formula is C23H27F3O6. The van der Waals surface area contributed by atoms with Crippen LogP contribution in [0.5, 0.6) is 5.75 Å². The number of hydrogen-bond acceptors (Lipinski definition) is 5. The maximum Gasteiger partial charge on any atom is 0.416 e. The van der Waals surface area contributed by atoms with Crippen LogP contribution in [-0.2, 0) is 15.8 Å². The number of Topliss-reactive ketones (excluding diaryl/α,β-unsaturated/α-hetero) is 1. The maximum absolute atomic E-state index is 12.8. The fourth-order valence-corrected chi connectivity index (χ4v) is 3.52. The third kappa shape index (κ3) is 8.12. The number of allylic oxidation sites excluding steroid dienone is 2. The summed E-state index contributed by atoms with van der Waals surface area (Å²) in [5.74, 6) is -1.97. The number of benzene rings is 1. The van der Waals surface area contributed by atoms with Gasteiger partial charge in [0, 0.05) is 24.7 Å². The number of aliphatic hydroxyl groups is 2. The normalized spacial score (nSPS) is 22.7. The van der Waals surface area contributed by atoms with E-state index < -0.39 is 41.8 Å². The van der Waals surface area contributed by atoms with Crippen LogP contribution in [0.15, 0.2) is 48.6 Å². The number of aliphatic hydroxyl groups excluding tert-OH is 2. The lowest BCUT2D eigenvalue weighted by Gasteiger charge is -2.17. The molecule has 1 aromatic carbocycles. The minimum Gasteiger partial charge on any atom is -0.491 e. The van der Waals surface area contributed by atoms with Gasteiger partial charge in [-0.05, 0) is 37.5 Å². The number of carboxylic acid groups (broad SMARTS) is 1. The molecule has 3 N–H and O–H groups in total. The van der Waals surface area contributed by atoms with Gasteiger partial charge in [0.25, 0.3) is 0 Å². The molecule has 0 bridgehead atoms. The summed E-state index contributed by atoms with van der Waals surface area (Å²) in [6.45, 7) is -0.289.